The van der Waals surface area contributed by atoms with Crippen LogP contribution >= 0.6 is 45.9 Å². The minimum Gasteiger partial charge on any atom is -0.385 e. The van der Waals surface area contributed by atoms with Gasteiger partial charge in [-0.2, -0.15) is 0 Å². The number of nitrogens with zero attached hydrogens (tertiary/aromatic N) is 5. The SMILES string of the molecule is COCCCNC(=O)C1CCN(c2ncc(C(=O)Nc3nc(-c4cc(Cl)cs4)c(N4CCN(C5CCCCC5)CC4)s3)cc2Cl)CC1. The van der Waals surface area contributed by atoms with Gasteiger partial charge < -0.3 is 19.9 Å². The van der Waals surface area contributed by atoms with E-state index in [4.69, 9.17) is 32.9 Å². The van der Waals surface area contributed by atoms with Crippen molar-refractivity contribution in [3.8, 4) is 10.6 Å². The van der Waals surface area contributed by atoms with Gasteiger partial charge in [-0.3, -0.25) is 19.8 Å². The Morgan fingerprint density at radius 2 is 1.77 bits per heavy atom. The molecule has 47 heavy (non-hydrogen) atoms. The minimum atomic E-state index is -0.312. The van der Waals surface area contributed by atoms with Gasteiger partial charge in [-0.1, -0.05) is 53.8 Å². The molecular weight excluding hydrogens is 677 g/mol. The normalized spacial score (nSPS) is 18.4. The number of rotatable bonds is 11. The maximum Gasteiger partial charge on any atom is 0.259 e. The molecule has 14 heteroatoms. The van der Waals surface area contributed by atoms with Crippen LogP contribution in [0, 0.1) is 5.92 Å². The topological polar surface area (TPSA) is 103 Å². The summed E-state index contributed by atoms with van der Waals surface area (Å²) in [5.74, 6) is 0.372. The van der Waals surface area contributed by atoms with E-state index in [-0.39, 0.29) is 17.7 Å². The van der Waals surface area contributed by atoms with Gasteiger partial charge in [-0.25, -0.2) is 9.97 Å². The van der Waals surface area contributed by atoms with E-state index in [1.807, 2.05) is 11.4 Å². The Balaban J connectivity index is 1.09. The summed E-state index contributed by atoms with van der Waals surface area (Å²) in [4.78, 5) is 43.5. The molecule has 1 saturated carbocycles. The number of pyridine rings is 1. The summed E-state index contributed by atoms with van der Waals surface area (Å²) in [6.45, 7) is 6.50. The number of hydrogen-bond donors (Lipinski definition) is 2. The molecule has 2 N–H and O–H groups in total. The molecule has 0 spiro atoms. The van der Waals surface area contributed by atoms with E-state index in [0.717, 1.165) is 61.0 Å². The van der Waals surface area contributed by atoms with Crippen LogP contribution in [0.5, 0.6) is 0 Å². The summed E-state index contributed by atoms with van der Waals surface area (Å²) >= 11 is 16.0. The zero-order valence-corrected chi connectivity index (χ0v) is 30.0. The Bertz CT molecular complexity index is 1510. The quantitative estimate of drug-likeness (QED) is 0.213. The zero-order chi connectivity index (χ0) is 32.8. The molecule has 0 radical (unpaired) electrons. The summed E-state index contributed by atoms with van der Waals surface area (Å²) in [7, 11) is 1.66. The van der Waals surface area contributed by atoms with E-state index in [0.29, 0.717) is 58.8 Å². The van der Waals surface area contributed by atoms with Crippen molar-refractivity contribution >= 4 is 73.6 Å². The number of halogens is 2. The molecule has 254 valence electrons. The van der Waals surface area contributed by atoms with Crippen molar-refractivity contribution in [3.63, 3.8) is 0 Å². The first kappa shape index (κ1) is 34.4. The van der Waals surface area contributed by atoms with Gasteiger partial charge >= 0.3 is 0 Å². The fourth-order valence-corrected chi connectivity index (χ4v) is 9.24. The lowest BCUT2D eigenvalue weighted by atomic mass is 9.94. The van der Waals surface area contributed by atoms with Crippen molar-refractivity contribution in [2.24, 2.45) is 5.92 Å². The Morgan fingerprint density at radius 3 is 2.45 bits per heavy atom. The number of ether oxygens (including phenoxy) is 1. The second kappa shape index (κ2) is 16.3. The highest BCUT2D eigenvalue weighted by Gasteiger charge is 2.30. The third-order valence-electron chi connectivity index (χ3n) is 9.40. The first-order chi connectivity index (χ1) is 22.9. The molecule has 3 aromatic heterocycles. The van der Waals surface area contributed by atoms with Crippen molar-refractivity contribution in [1.82, 2.24) is 20.2 Å². The monoisotopic (exact) mass is 719 g/mol. The number of amides is 2. The predicted octanol–water partition coefficient (Wildman–Crippen LogP) is 6.65. The molecule has 0 bridgehead atoms. The average molecular weight is 721 g/mol. The summed E-state index contributed by atoms with van der Waals surface area (Å²) in [6, 6.07) is 4.31. The number of anilines is 3. The number of piperidine rings is 1. The summed E-state index contributed by atoms with van der Waals surface area (Å²) in [5.41, 5.74) is 1.22. The number of thiazole rings is 1. The largest absolute Gasteiger partial charge is 0.385 e. The van der Waals surface area contributed by atoms with Crippen LogP contribution < -0.4 is 20.4 Å². The maximum atomic E-state index is 13.4. The van der Waals surface area contributed by atoms with Gasteiger partial charge in [0, 0.05) is 83.1 Å². The number of thiophene rings is 1. The molecule has 0 unspecified atom stereocenters. The van der Waals surface area contributed by atoms with Crippen LogP contribution in [0.4, 0.5) is 16.0 Å². The first-order valence-corrected chi connectivity index (χ1v) is 19.1. The summed E-state index contributed by atoms with van der Waals surface area (Å²) < 4.78 is 5.05. The van der Waals surface area contributed by atoms with Gasteiger partial charge in [-0.15, -0.1) is 11.3 Å². The number of carbonyl (C=O) groups is 2. The highest BCUT2D eigenvalue weighted by Crippen LogP contribution is 2.42. The molecule has 3 aromatic rings. The highest BCUT2D eigenvalue weighted by atomic mass is 35.5. The van der Waals surface area contributed by atoms with Gasteiger partial charge in [0.2, 0.25) is 5.91 Å². The van der Waals surface area contributed by atoms with E-state index in [1.54, 1.807) is 30.7 Å². The molecule has 3 fully saturated rings. The van der Waals surface area contributed by atoms with Crippen LogP contribution in [0.15, 0.2) is 23.7 Å². The lowest BCUT2D eigenvalue weighted by Gasteiger charge is -2.41. The average Bonchev–Trinajstić information content (AvgIpc) is 3.73. The smallest absolute Gasteiger partial charge is 0.259 e. The summed E-state index contributed by atoms with van der Waals surface area (Å²) in [6.07, 6.45) is 10.4. The van der Waals surface area contributed by atoms with Gasteiger partial charge in [0.1, 0.15) is 16.5 Å². The third kappa shape index (κ3) is 8.58. The maximum absolute atomic E-state index is 13.4. The van der Waals surface area contributed by atoms with Crippen molar-refractivity contribution in [2.75, 3.05) is 74.6 Å². The fourth-order valence-electron chi connectivity index (χ4n) is 6.80. The summed E-state index contributed by atoms with van der Waals surface area (Å²) in [5, 5.41) is 10.6. The molecule has 0 atom stereocenters. The van der Waals surface area contributed by atoms with Crippen LogP contribution in [-0.2, 0) is 9.53 Å². The molecule has 2 aliphatic heterocycles. The lowest BCUT2D eigenvalue weighted by Crippen LogP contribution is -2.50. The molecule has 0 aromatic carbocycles. The molecule has 6 rings (SSSR count). The van der Waals surface area contributed by atoms with E-state index >= 15 is 0 Å². The van der Waals surface area contributed by atoms with Crippen molar-refractivity contribution < 1.29 is 14.3 Å². The van der Waals surface area contributed by atoms with Crippen LogP contribution in [-0.4, -0.2) is 92.3 Å². The molecule has 2 amide bonds. The van der Waals surface area contributed by atoms with Crippen molar-refractivity contribution in [2.45, 2.75) is 57.4 Å². The Hall–Kier alpha value is -2.48. The van der Waals surface area contributed by atoms with Gasteiger partial charge in [-0.05, 0) is 44.2 Å². The van der Waals surface area contributed by atoms with E-state index in [2.05, 4.69) is 30.3 Å². The van der Waals surface area contributed by atoms with E-state index in [9.17, 15) is 9.59 Å². The standard InChI is InChI=1S/C33H43Cl2N7O3S2/c1-45-17-5-10-36-30(43)22-8-11-41(12-9-22)29-26(35)18-23(20-37-29)31(44)39-33-38-28(27-19-24(34)21-46-27)32(47-33)42-15-13-40(14-16-42)25-6-3-2-4-7-25/h18-22,25H,2-17H2,1H3,(H,36,43)(H,38,39,44). The number of methoxy groups -OCH3 is 1. The lowest BCUT2D eigenvalue weighted by molar-refractivity contribution is -0.125. The van der Waals surface area contributed by atoms with Gasteiger partial charge in [0.25, 0.3) is 5.91 Å². The Morgan fingerprint density at radius 1 is 1.00 bits per heavy atom. The number of carbonyl (C=O) groups excluding carboxylic acids is 2. The predicted molar refractivity (Wildman–Crippen MR) is 193 cm³/mol. The highest BCUT2D eigenvalue weighted by molar-refractivity contribution is 7.21. The van der Waals surface area contributed by atoms with Crippen molar-refractivity contribution in [3.05, 3.63) is 39.3 Å². The first-order valence-electron chi connectivity index (χ1n) is 16.6. The number of nitrogens with one attached hydrogen (secondary N) is 2. The third-order valence-corrected chi connectivity index (χ3v) is 12.0. The van der Waals surface area contributed by atoms with Gasteiger partial charge in [0.05, 0.1) is 20.5 Å². The molecular formula is C33H43Cl2N7O3S2. The number of aromatic nitrogens is 2. The number of piperazine rings is 1. The second-order valence-electron chi connectivity index (χ2n) is 12.5. The molecule has 10 nitrogen and oxygen atoms in total. The van der Waals surface area contributed by atoms with Crippen LogP contribution in [0.1, 0.15) is 61.7 Å². The van der Waals surface area contributed by atoms with Gasteiger partial charge in [0.15, 0.2) is 5.13 Å². The molecule has 1 aliphatic carbocycles. The van der Waals surface area contributed by atoms with Crippen molar-refractivity contribution in [1.29, 1.82) is 0 Å². The van der Waals surface area contributed by atoms with Crippen LogP contribution in [0.25, 0.3) is 10.6 Å². The van der Waals surface area contributed by atoms with E-state index in [1.165, 1.54) is 43.4 Å². The van der Waals surface area contributed by atoms with E-state index < -0.39 is 0 Å². The zero-order valence-electron chi connectivity index (χ0n) is 26.8. The van der Waals surface area contributed by atoms with Crippen LogP contribution in [0.3, 0.4) is 0 Å². The number of hydrogen-bond acceptors (Lipinski definition) is 10. The molecule has 3 aliphatic rings. The molecule has 5 heterocycles. The Kier molecular flexibility index (Phi) is 11.9. The van der Waals surface area contributed by atoms with Crippen LogP contribution in [0.2, 0.25) is 10.0 Å². The molecule has 2 saturated heterocycles. The second-order valence-corrected chi connectivity index (χ2v) is 15.2. The Labute approximate surface area is 294 Å². The fraction of sp³-hybridized carbons (Fsp3) is 0.576. The minimum absolute atomic E-state index is 0.0309.